The Morgan fingerprint density at radius 2 is 1.82 bits per heavy atom. The molecule has 0 unspecified atom stereocenters. The molecule has 7 nitrogen and oxygen atoms in total. The molecule has 5 rings (SSSR count). The number of carbonyl (C=O) groups excluding carboxylic acids is 2. The molecule has 1 saturated heterocycles. The van der Waals surface area contributed by atoms with Crippen molar-refractivity contribution in [2.24, 2.45) is 0 Å². The molecule has 0 aliphatic carbocycles. The minimum absolute atomic E-state index is 0.249. The van der Waals surface area contributed by atoms with E-state index in [9.17, 15) is 14.4 Å². The summed E-state index contributed by atoms with van der Waals surface area (Å²) in [5, 5.41) is 0. The normalized spacial score (nSPS) is 16.3. The van der Waals surface area contributed by atoms with Crippen molar-refractivity contribution in [1.29, 1.82) is 0 Å². The molecule has 228 valence electrons. The first-order valence-electron chi connectivity index (χ1n) is 14.8. The first-order chi connectivity index (χ1) is 21.4. The molecule has 10 heteroatoms. The van der Waals surface area contributed by atoms with Crippen molar-refractivity contribution in [2.45, 2.75) is 53.2 Å². The highest BCUT2D eigenvalue weighted by atomic mass is 32.2. The van der Waals surface area contributed by atoms with E-state index in [-0.39, 0.29) is 24.7 Å². The summed E-state index contributed by atoms with van der Waals surface area (Å²) in [7, 11) is 0. The van der Waals surface area contributed by atoms with Gasteiger partial charge in [-0.05, 0) is 67.3 Å². The van der Waals surface area contributed by atoms with Gasteiger partial charge in [-0.15, -0.1) is 11.3 Å². The predicted octanol–water partition coefficient (Wildman–Crippen LogP) is 6.11. The minimum atomic E-state index is -0.338. The van der Waals surface area contributed by atoms with Crippen LogP contribution in [0.4, 0.5) is 11.4 Å². The molecule has 0 saturated carbocycles. The maximum Gasteiger partial charge on any atom is 0.294 e. The molecule has 1 aromatic heterocycles. The maximum absolute atomic E-state index is 13.3. The van der Waals surface area contributed by atoms with E-state index < -0.39 is 0 Å². The lowest BCUT2D eigenvalue weighted by molar-refractivity contribution is -0.132. The molecule has 1 fully saturated rings. The number of carbonyl (C=O) groups is 2. The number of thiocarbonyl (C=S) groups is 1. The molecule has 0 atom stereocenters. The summed E-state index contributed by atoms with van der Waals surface area (Å²) < 4.78 is 7.51. The Hall–Kier alpha value is -3.73. The zero-order valence-electron chi connectivity index (χ0n) is 25.1. The van der Waals surface area contributed by atoms with Gasteiger partial charge in [0.2, 0.25) is 0 Å². The second-order valence-corrected chi connectivity index (χ2v) is 13.2. The van der Waals surface area contributed by atoms with Gasteiger partial charge >= 0.3 is 0 Å². The number of amides is 1. The molecule has 0 radical (unpaired) electrons. The molecule has 3 heterocycles. The number of hydrogen-bond donors (Lipinski definition) is 0. The van der Waals surface area contributed by atoms with E-state index in [0.29, 0.717) is 25.0 Å². The number of anilines is 2. The summed E-state index contributed by atoms with van der Waals surface area (Å²) in [6.45, 7) is 7.63. The first kappa shape index (κ1) is 31.7. The molecule has 0 bridgehead atoms. The Balaban J connectivity index is 1.50. The first-order valence-corrected chi connectivity index (χ1v) is 16.8. The molecule has 2 aliphatic rings. The van der Waals surface area contributed by atoms with E-state index in [1.165, 1.54) is 62.6 Å². The summed E-state index contributed by atoms with van der Waals surface area (Å²) in [6, 6.07) is 15.0. The molecule has 0 N–H and O–H groups in total. The average molecular weight is 646 g/mol. The number of unbranched alkanes of at least 4 members (excludes halogenated alkanes) is 3. The third-order valence-corrected chi connectivity index (χ3v) is 10.4. The Labute approximate surface area is 270 Å². The van der Waals surface area contributed by atoms with Crippen molar-refractivity contribution < 1.29 is 14.3 Å². The summed E-state index contributed by atoms with van der Waals surface area (Å²) >= 11 is 7.70. The Morgan fingerprint density at radius 1 is 1.00 bits per heavy atom. The Morgan fingerprint density at radius 3 is 2.57 bits per heavy atom. The van der Waals surface area contributed by atoms with Crippen LogP contribution in [0.5, 0.6) is 0 Å². The lowest BCUT2D eigenvalue weighted by Gasteiger charge is -2.27. The highest BCUT2D eigenvalue weighted by molar-refractivity contribution is 8.30. The predicted molar refractivity (Wildman–Crippen MR) is 187 cm³/mol. The largest absolute Gasteiger partial charge is 0.446 e. The smallest absolute Gasteiger partial charge is 0.294 e. The van der Waals surface area contributed by atoms with Crippen molar-refractivity contribution in [3.8, 4) is 0 Å². The number of benzene rings is 2. The van der Waals surface area contributed by atoms with Crippen molar-refractivity contribution in [1.82, 2.24) is 9.47 Å². The van der Waals surface area contributed by atoms with Gasteiger partial charge in [0.05, 0.1) is 4.53 Å². The van der Waals surface area contributed by atoms with Crippen LogP contribution >= 0.6 is 35.3 Å². The second-order valence-electron chi connectivity index (χ2n) is 10.5. The Bertz CT molecular complexity index is 1840. The van der Waals surface area contributed by atoms with Gasteiger partial charge < -0.3 is 9.64 Å². The topological polar surface area (TPSA) is 71.8 Å². The number of para-hydroxylation sites is 1. The van der Waals surface area contributed by atoms with Crippen molar-refractivity contribution in [3.05, 3.63) is 84.8 Å². The summed E-state index contributed by atoms with van der Waals surface area (Å²) in [5.74, 6) is -0.249. The van der Waals surface area contributed by atoms with Crippen LogP contribution in [-0.4, -0.2) is 39.3 Å². The number of thiazole rings is 1. The fraction of sp³-hybridized carbons (Fsp3) is 0.294. The van der Waals surface area contributed by atoms with Gasteiger partial charge in [0.25, 0.3) is 17.9 Å². The summed E-state index contributed by atoms with van der Waals surface area (Å²) in [5.41, 5.74) is 6.68. The van der Waals surface area contributed by atoms with E-state index in [1.807, 2.05) is 19.1 Å². The summed E-state index contributed by atoms with van der Waals surface area (Å²) in [4.78, 5) is 41.5. The highest BCUT2D eigenvalue weighted by Gasteiger charge is 2.33. The average Bonchev–Trinajstić information content (AvgIpc) is 3.45. The number of allylic oxidation sites excluding steroid dienone is 2. The van der Waals surface area contributed by atoms with Gasteiger partial charge in [0, 0.05) is 30.0 Å². The lowest BCUT2D eigenvalue weighted by atomic mass is 10.0. The molecule has 0 spiro atoms. The number of nitrogens with zero attached hydrogens (tertiary/aromatic N) is 3. The molecule has 3 aromatic rings. The quantitative estimate of drug-likeness (QED) is 0.142. The van der Waals surface area contributed by atoms with Crippen LogP contribution in [0.15, 0.2) is 53.3 Å². The standard InChI is InChI=1S/C34H35N3O4S3/c1-4-6-7-10-18-36-27-17-16-24(20-25(27)19-23(3)26-13-8-9-14-28(26)36)12-11-15-29-31(39)37(21-41-22-38)33(43-29)30-32(40)35(5-2)34(42)44-30/h8-9,11-17,19-20,22H,4-7,10,18,21H2,1-3H3/b12-11+,29-15+,33-30+. The number of hydrogen-bond acceptors (Lipinski definition) is 8. The number of aromatic nitrogens is 1. The second kappa shape index (κ2) is 14.4. The maximum atomic E-state index is 13.3. The third-order valence-electron chi connectivity index (χ3n) is 7.64. The van der Waals surface area contributed by atoms with Crippen LogP contribution in [0, 0.1) is 0 Å². The van der Waals surface area contributed by atoms with E-state index in [1.54, 1.807) is 6.08 Å². The van der Waals surface area contributed by atoms with Crippen LogP contribution in [-0.2, 0) is 21.1 Å². The van der Waals surface area contributed by atoms with Gasteiger partial charge in [-0.25, -0.2) is 0 Å². The molecule has 2 aromatic carbocycles. The van der Waals surface area contributed by atoms with Gasteiger partial charge in [-0.2, -0.15) is 0 Å². The van der Waals surface area contributed by atoms with E-state index in [0.717, 1.165) is 35.9 Å². The fourth-order valence-corrected chi connectivity index (χ4v) is 8.01. The molecular weight excluding hydrogens is 611 g/mol. The highest BCUT2D eigenvalue weighted by Crippen LogP contribution is 2.40. The lowest BCUT2D eigenvalue weighted by Crippen LogP contribution is -2.34. The third kappa shape index (κ3) is 6.52. The van der Waals surface area contributed by atoms with Gasteiger partial charge in [-0.3, -0.25) is 23.9 Å². The van der Waals surface area contributed by atoms with Crippen molar-refractivity contribution in [3.63, 3.8) is 0 Å². The molecule has 1 amide bonds. The van der Waals surface area contributed by atoms with E-state index >= 15 is 0 Å². The van der Waals surface area contributed by atoms with Gasteiger partial charge in [0.15, 0.2) is 6.73 Å². The van der Waals surface area contributed by atoms with E-state index in [2.05, 4.69) is 67.3 Å². The monoisotopic (exact) mass is 645 g/mol. The number of thioether (sulfide) groups is 1. The van der Waals surface area contributed by atoms with E-state index in [4.69, 9.17) is 17.0 Å². The number of fused-ring (bicyclic) bond motifs is 2. The number of ether oxygens (including phenoxy) is 1. The Kier molecular flexibility index (Phi) is 10.3. The SMILES string of the molecule is CCCCCCN1c2ccc(/C=C/C=c3/s/c(=C4/SC(=S)N(CC)C4=O)n(COC=O)c3=O)cc2C=C(C)c2ccccc21. The molecular formula is C34H35N3O4S3. The van der Waals surface area contributed by atoms with Crippen LogP contribution in [0.2, 0.25) is 0 Å². The minimum Gasteiger partial charge on any atom is -0.446 e. The zero-order valence-corrected chi connectivity index (χ0v) is 27.5. The van der Waals surface area contributed by atoms with Gasteiger partial charge in [0.1, 0.15) is 13.9 Å². The van der Waals surface area contributed by atoms with Crippen molar-refractivity contribution in [2.75, 3.05) is 18.0 Å². The molecule has 2 aliphatic heterocycles. The zero-order chi connectivity index (χ0) is 31.2. The van der Waals surface area contributed by atoms with Crippen molar-refractivity contribution >= 4 is 92.1 Å². The molecule has 44 heavy (non-hydrogen) atoms. The van der Waals surface area contributed by atoms with Gasteiger partial charge in [-0.1, -0.05) is 86.6 Å². The van der Waals surface area contributed by atoms with Crippen LogP contribution in [0.1, 0.15) is 63.1 Å². The van der Waals surface area contributed by atoms with Crippen LogP contribution in [0.25, 0.3) is 28.7 Å². The summed E-state index contributed by atoms with van der Waals surface area (Å²) in [6.07, 6.45) is 12.6. The van der Waals surface area contributed by atoms with Crippen LogP contribution in [0.3, 0.4) is 0 Å². The number of rotatable bonds is 11. The van der Waals surface area contributed by atoms with Crippen LogP contribution < -0.4 is 19.7 Å². The fourth-order valence-electron chi connectivity index (χ4n) is 5.43.